The van der Waals surface area contributed by atoms with Crippen molar-refractivity contribution < 1.29 is 5.11 Å². The van der Waals surface area contributed by atoms with E-state index in [1.807, 2.05) is 31.3 Å². The molecule has 0 radical (unpaired) electrons. The van der Waals surface area contributed by atoms with Crippen LogP contribution in [0.25, 0.3) is 11.3 Å². The Bertz CT molecular complexity index is 581. The Hall–Kier alpha value is -1.65. The van der Waals surface area contributed by atoms with Crippen molar-refractivity contribution in [2.45, 2.75) is 38.2 Å². The van der Waals surface area contributed by atoms with Gasteiger partial charge in [0.05, 0.1) is 18.0 Å². The fourth-order valence-electron chi connectivity index (χ4n) is 3.18. The van der Waals surface area contributed by atoms with Crippen LogP contribution in [0, 0.1) is 0 Å². The monoisotopic (exact) mass is 299 g/mol. The average Bonchev–Trinajstić information content (AvgIpc) is 3.06. The quantitative estimate of drug-likeness (QED) is 0.892. The summed E-state index contributed by atoms with van der Waals surface area (Å²) in [4.78, 5) is 10.5. The number of H-pyrrole nitrogens is 1. The van der Waals surface area contributed by atoms with Crippen molar-refractivity contribution in [1.29, 1.82) is 0 Å². The van der Waals surface area contributed by atoms with Gasteiger partial charge in [0.2, 0.25) is 0 Å². The topological polar surface area (TPSA) is 52.1 Å². The van der Waals surface area contributed by atoms with Crippen molar-refractivity contribution in [3.05, 3.63) is 42.4 Å². The van der Waals surface area contributed by atoms with E-state index in [-0.39, 0.29) is 6.10 Å². The maximum absolute atomic E-state index is 9.85. The number of likely N-dealkylation sites (tertiary alicyclic amines) is 1. The Kier molecular flexibility index (Phi) is 4.90. The Morgan fingerprint density at radius 2 is 2.18 bits per heavy atom. The molecule has 2 heterocycles. The fourth-order valence-corrected chi connectivity index (χ4v) is 3.18. The number of piperidine rings is 1. The molecule has 0 amide bonds. The van der Waals surface area contributed by atoms with Gasteiger partial charge in [-0.1, -0.05) is 37.3 Å². The number of β-amino-alcohol motifs (C(OH)–C–C–N with tert-alkyl or cyclic N) is 1. The second-order valence-electron chi connectivity index (χ2n) is 6.21. The van der Waals surface area contributed by atoms with E-state index in [0.717, 1.165) is 37.6 Å². The minimum absolute atomic E-state index is 0.213. The minimum atomic E-state index is -0.213. The molecule has 0 aliphatic carbocycles. The number of nitrogens with zero attached hydrogens (tertiary/aromatic N) is 2. The number of imidazole rings is 1. The number of rotatable bonds is 5. The molecule has 2 atom stereocenters. The molecule has 0 bridgehead atoms. The molecule has 2 N–H and O–H groups in total. The molecule has 1 aliphatic heterocycles. The van der Waals surface area contributed by atoms with Crippen molar-refractivity contribution in [2.75, 3.05) is 19.6 Å². The molecule has 0 saturated carbocycles. The minimum Gasteiger partial charge on any atom is -0.392 e. The van der Waals surface area contributed by atoms with Crippen molar-refractivity contribution in [3.8, 4) is 11.3 Å². The van der Waals surface area contributed by atoms with Crippen LogP contribution in [0.15, 0.2) is 36.5 Å². The summed E-state index contributed by atoms with van der Waals surface area (Å²) in [7, 11) is 0. The molecule has 1 aromatic heterocycles. The second kappa shape index (κ2) is 7.07. The van der Waals surface area contributed by atoms with E-state index in [2.05, 4.69) is 27.0 Å². The van der Waals surface area contributed by atoms with E-state index in [0.29, 0.717) is 5.92 Å². The molecule has 118 valence electrons. The van der Waals surface area contributed by atoms with Crippen LogP contribution in [0.5, 0.6) is 0 Å². The van der Waals surface area contributed by atoms with Gasteiger partial charge in [0.1, 0.15) is 5.82 Å². The molecule has 1 aromatic carbocycles. The zero-order valence-electron chi connectivity index (χ0n) is 13.2. The first-order valence-electron chi connectivity index (χ1n) is 8.27. The standard InChI is InChI=1S/C18H25N3O/c1-2-16(22)13-21-10-6-9-15(12-21)18-19-11-17(20-18)14-7-4-3-5-8-14/h3-5,7-8,11,15-16,22H,2,6,9-10,12-13H2,1H3,(H,19,20)/t15-,16-/m1/s1. The lowest BCUT2D eigenvalue weighted by Crippen LogP contribution is -2.39. The van der Waals surface area contributed by atoms with Crippen LogP contribution in [0.1, 0.15) is 37.9 Å². The Balaban J connectivity index is 1.68. The predicted octanol–water partition coefficient (Wildman–Crippen LogP) is 3.03. The van der Waals surface area contributed by atoms with E-state index < -0.39 is 0 Å². The van der Waals surface area contributed by atoms with Crippen molar-refractivity contribution in [1.82, 2.24) is 14.9 Å². The maximum atomic E-state index is 9.85. The van der Waals surface area contributed by atoms with Gasteiger partial charge in [-0.05, 0) is 31.4 Å². The number of aromatic nitrogens is 2. The van der Waals surface area contributed by atoms with Crippen LogP contribution in [0.4, 0.5) is 0 Å². The average molecular weight is 299 g/mol. The van der Waals surface area contributed by atoms with Crippen molar-refractivity contribution >= 4 is 0 Å². The molecular formula is C18H25N3O. The zero-order chi connectivity index (χ0) is 15.4. The maximum Gasteiger partial charge on any atom is 0.110 e. The first kappa shape index (κ1) is 15.3. The summed E-state index contributed by atoms with van der Waals surface area (Å²) < 4.78 is 0. The highest BCUT2D eigenvalue weighted by Gasteiger charge is 2.24. The third kappa shape index (κ3) is 3.57. The normalized spacial score (nSPS) is 20.9. The second-order valence-corrected chi connectivity index (χ2v) is 6.21. The Morgan fingerprint density at radius 3 is 2.95 bits per heavy atom. The molecule has 0 unspecified atom stereocenters. The van der Waals surface area contributed by atoms with Gasteiger partial charge in [-0.15, -0.1) is 0 Å². The molecule has 4 nitrogen and oxygen atoms in total. The van der Waals surface area contributed by atoms with Gasteiger partial charge in [-0.2, -0.15) is 0 Å². The van der Waals surface area contributed by atoms with E-state index >= 15 is 0 Å². The van der Waals surface area contributed by atoms with Gasteiger partial charge >= 0.3 is 0 Å². The number of hydrogen-bond donors (Lipinski definition) is 2. The third-order valence-corrected chi connectivity index (χ3v) is 4.51. The van der Waals surface area contributed by atoms with Crippen LogP contribution in [0.3, 0.4) is 0 Å². The number of hydrogen-bond acceptors (Lipinski definition) is 3. The van der Waals surface area contributed by atoms with Crippen molar-refractivity contribution in [2.24, 2.45) is 0 Å². The zero-order valence-corrected chi connectivity index (χ0v) is 13.2. The van der Waals surface area contributed by atoms with E-state index in [1.165, 1.54) is 18.4 Å². The van der Waals surface area contributed by atoms with Crippen LogP contribution < -0.4 is 0 Å². The summed E-state index contributed by atoms with van der Waals surface area (Å²) in [6.45, 7) is 4.88. The van der Waals surface area contributed by atoms with Crippen LogP contribution in [0.2, 0.25) is 0 Å². The fraction of sp³-hybridized carbons (Fsp3) is 0.500. The highest BCUT2D eigenvalue weighted by Crippen LogP contribution is 2.27. The SMILES string of the molecule is CC[C@@H](O)CN1CCC[C@@H](c2ncc(-c3ccccc3)[nH]2)C1. The third-order valence-electron chi connectivity index (χ3n) is 4.51. The number of aromatic amines is 1. The number of aliphatic hydroxyl groups excluding tert-OH is 1. The Labute approximate surface area is 132 Å². The lowest BCUT2D eigenvalue weighted by molar-refractivity contribution is 0.0919. The van der Waals surface area contributed by atoms with E-state index in [9.17, 15) is 5.11 Å². The van der Waals surface area contributed by atoms with Crippen molar-refractivity contribution in [3.63, 3.8) is 0 Å². The van der Waals surface area contributed by atoms with Gasteiger partial charge in [0.25, 0.3) is 0 Å². The Morgan fingerprint density at radius 1 is 1.36 bits per heavy atom. The van der Waals surface area contributed by atoms with Crippen LogP contribution in [-0.2, 0) is 0 Å². The van der Waals surface area contributed by atoms with Gasteiger partial charge in [-0.25, -0.2) is 4.98 Å². The van der Waals surface area contributed by atoms with E-state index in [1.54, 1.807) is 0 Å². The predicted molar refractivity (Wildman–Crippen MR) is 88.7 cm³/mol. The highest BCUT2D eigenvalue weighted by atomic mass is 16.3. The lowest BCUT2D eigenvalue weighted by atomic mass is 9.97. The van der Waals surface area contributed by atoms with Crippen LogP contribution >= 0.6 is 0 Å². The largest absolute Gasteiger partial charge is 0.392 e. The van der Waals surface area contributed by atoms with E-state index in [4.69, 9.17) is 0 Å². The molecule has 3 rings (SSSR count). The summed E-state index contributed by atoms with van der Waals surface area (Å²) in [5.41, 5.74) is 2.26. The summed E-state index contributed by atoms with van der Waals surface area (Å²) in [5, 5.41) is 9.85. The summed E-state index contributed by atoms with van der Waals surface area (Å²) in [5.74, 6) is 1.52. The summed E-state index contributed by atoms with van der Waals surface area (Å²) in [6.07, 6.45) is 4.88. The van der Waals surface area contributed by atoms with Gasteiger partial charge < -0.3 is 15.0 Å². The highest BCUT2D eigenvalue weighted by molar-refractivity contribution is 5.58. The molecule has 1 aliphatic rings. The molecule has 22 heavy (non-hydrogen) atoms. The number of nitrogens with one attached hydrogen (secondary N) is 1. The number of aliphatic hydroxyl groups is 1. The molecule has 4 heteroatoms. The molecule has 0 spiro atoms. The number of benzene rings is 1. The lowest BCUT2D eigenvalue weighted by Gasteiger charge is -2.32. The molecule has 1 fully saturated rings. The first-order chi connectivity index (χ1) is 10.8. The summed E-state index contributed by atoms with van der Waals surface area (Å²) >= 11 is 0. The van der Waals surface area contributed by atoms with Gasteiger partial charge in [0.15, 0.2) is 0 Å². The smallest absolute Gasteiger partial charge is 0.110 e. The molecule has 1 saturated heterocycles. The first-order valence-corrected chi connectivity index (χ1v) is 8.27. The summed E-state index contributed by atoms with van der Waals surface area (Å²) in [6, 6.07) is 10.3. The van der Waals surface area contributed by atoms with Gasteiger partial charge in [-0.3, -0.25) is 0 Å². The van der Waals surface area contributed by atoms with Crippen LogP contribution in [-0.4, -0.2) is 45.7 Å². The molecular weight excluding hydrogens is 274 g/mol. The van der Waals surface area contributed by atoms with Gasteiger partial charge in [0, 0.05) is 19.0 Å². The molecule has 2 aromatic rings.